The van der Waals surface area contributed by atoms with Gasteiger partial charge in [0, 0.05) is 17.7 Å². The Labute approximate surface area is 106 Å². The number of hydrogen-bond acceptors (Lipinski definition) is 6. The summed E-state index contributed by atoms with van der Waals surface area (Å²) in [5.41, 5.74) is 7.22. The van der Waals surface area contributed by atoms with E-state index in [4.69, 9.17) is 5.73 Å². The second-order valence-electron chi connectivity index (χ2n) is 3.85. The highest BCUT2D eigenvalue weighted by Crippen LogP contribution is 2.24. The number of nitrogens with two attached hydrogens (primary N) is 1. The van der Waals surface area contributed by atoms with Gasteiger partial charge in [-0.2, -0.15) is 0 Å². The molecule has 3 N–H and O–H groups in total. The van der Waals surface area contributed by atoms with Gasteiger partial charge in [-0.15, -0.1) is 0 Å². The van der Waals surface area contributed by atoms with Crippen LogP contribution >= 0.6 is 0 Å². The van der Waals surface area contributed by atoms with E-state index in [1.807, 2.05) is 0 Å². The summed E-state index contributed by atoms with van der Waals surface area (Å²) < 4.78 is 0. The van der Waals surface area contributed by atoms with Gasteiger partial charge in [0.15, 0.2) is 11.5 Å². The molecule has 19 heavy (non-hydrogen) atoms. The van der Waals surface area contributed by atoms with Crippen LogP contribution in [0, 0.1) is 10.1 Å². The van der Waals surface area contributed by atoms with Gasteiger partial charge < -0.3 is 10.7 Å². The molecular weight excluding hydrogens is 248 g/mol. The zero-order valence-electron chi connectivity index (χ0n) is 9.57. The van der Waals surface area contributed by atoms with Gasteiger partial charge in [-0.05, 0) is 0 Å². The predicted octanol–water partition coefficient (Wildman–Crippen LogP) is 1.51. The number of H-pyrrole nitrogens is 1. The molecule has 8 nitrogen and oxygen atoms in total. The Kier molecular flexibility index (Phi) is 2.34. The van der Waals surface area contributed by atoms with Gasteiger partial charge >= 0.3 is 0 Å². The van der Waals surface area contributed by atoms with Crippen LogP contribution in [0.5, 0.6) is 0 Å². The topological polar surface area (TPSA) is 124 Å². The van der Waals surface area contributed by atoms with Crippen LogP contribution in [-0.4, -0.2) is 24.9 Å². The summed E-state index contributed by atoms with van der Waals surface area (Å²) in [6.07, 6.45) is 1.32. The largest absolute Gasteiger partial charge is 0.382 e. The normalized spacial score (nSPS) is 10.7. The molecule has 0 radical (unpaired) electrons. The summed E-state index contributed by atoms with van der Waals surface area (Å²) in [5, 5.41) is 10.7. The van der Waals surface area contributed by atoms with Crippen LogP contribution in [0.15, 0.2) is 30.6 Å². The first-order valence-corrected chi connectivity index (χ1v) is 5.36. The number of non-ortho nitro benzene ring substituents is 1. The number of aromatic amines is 1. The Hall–Kier alpha value is -3.03. The van der Waals surface area contributed by atoms with E-state index >= 15 is 0 Å². The fourth-order valence-corrected chi connectivity index (χ4v) is 1.75. The average molecular weight is 256 g/mol. The van der Waals surface area contributed by atoms with Crippen molar-refractivity contribution in [2.45, 2.75) is 0 Å². The molecule has 0 aliphatic rings. The number of rotatable bonds is 2. The smallest absolute Gasteiger partial charge is 0.270 e. The molecule has 1 aromatic carbocycles. The van der Waals surface area contributed by atoms with Crippen molar-refractivity contribution in [2.75, 3.05) is 5.73 Å². The summed E-state index contributed by atoms with van der Waals surface area (Å²) in [6.45, 7) is 0. The number of benzene rings is 1. The monoisotopic (exact) mass is 256 g/mol. The summed E-state index contributed by atoms with van der Waals surface area (Å²) in [6, 6.07) is 6.16. The minimum Gasteiger partial charge on any atom is -0.382 e. The van der Waals surface area contributed by atoms with Crippen LogP contribution in [-0.2, 0) is 0 Å². The molecule has 0 spiro atoms. The van der Waals surface area contributed by atoms with Gasteiger partial charge in [0.2, 0.25) is 0 Å². The minimum atomic E-state index is -0.458. The number of hydrogen-bond donors (Lipinski definition) is 2. The summed E-state index contributed by atoms with van der Waals surface area (Å²) in [5.74, 6) is 0.750. The van der Waals surface area contributed by atoms with E-state index < -0.39 is 4.92 Å². The first-order valence-electron chi connectivity index (χ1n) is 5.36. The van der Waals surface area contributed by atoms with Crippen molar-refractivity contribution < 1.29 is 4.92 Å². The predicted molar refractivity (Wildman–Crippen MR) is 68.2 cm³/mol. The summed E-state index contributed by atoms with van der Waals surface area (Å²) in [4.78, 5) is 25.3. The fraction of sp³-hybridized carbons (Fsp3) is 0. The zero-order valence-corrected chi connectivity index (χ0v) is 9.57. The first-order chi connectivity index (χ1) is 9.15. The first kappa shape index (κ1) is 11.1. The highest BCUT2D eigenvalue weighted by atomic mass is 16.6. The van der Waals surface area contributed by atoms with E-state index in [-0.39, 0.29) is 11.5 Å². The van der Waals surface area contributed by atoms with Gasteiger partial charge in [0.1, 0.15) is 17.7 Å². The lowest BCUT2D eigenvalue weighted by Gasteiger charge is -1.96. The molecule has 0 bridgehead atoms. The third kappa shape index (κ3) is 1.84. The molecule has 3 rings (SSSR count). The van der Waals surface area contributed by atoms with Crippen LogP contribution < -0.4 is 5.73 Å². The number of nitro benzene ring substituents is 1. The van der Waals surface area contributed by atoms with E-state index in [0.29, 0.717) is 22.6 Å². The van der Waals surface area contributed by atoms with Crippen molar-refractivity contribution in [1.29, 1.82) is 0 Å². The van der Waals surface area contributed by atoms with Crippen molar-refractivity contribution in [1.82, 2.24) is 19.9 Å². The molecule has 0 unspecified atom stereocenters. The lowest BCUT2D eigenvalue weighted by atomic mass is 10.2. The highest BCUT2D eigenvalue weighted by Gasteiger charge is 2.12. The lowest BCUT2D eigenvalue weighted by molar-refractivity contribution is -0.384. The van der Waals surface area contributed by atoms with Gasteiger partial charge in [-0.1, -0.05) is 12.1 Å². The van der Waals surface area contributed by atoms with Crippen molar-refractivity contribution in [2.24, 2.45) is 0 Å². The van der Waals surface area contributed by atoms with Crippen molar-refractivity contribution in [3.05, 3.63) is 40.7 Å². The molecule has 2 heterocycles. The quantitative estimate of drug-likeness (QED) is 0.529. The molecule has 0 fully saturated rings. The van der Waals surface area contributed by atoms with Crippen LogP contribution in [0.4, 0.5) is 11.5 Å². The summed E-state index contributed by atoms with van der Waals surface area (Å²) >= 11 is 0. The maximum absolute atomic E-state index is 10.7. The summed E-state index contributed by atoms with van der Waals surface area (Å²) in [7, 11) is 0. The number of nitrogen functional groups attached to an aromatic ring is 1. The third-order valence-corrected chi connectivity index (χ3v) is 2.65. The Morgan fingerprint density at radius 3 is 2.89 bits per heavy atom. The van der Waals surface area contributed by atoms with Crippen molar-refractivity contribution in [3.63, 3.8) is 0 Å². The zero-order chi connectivity index (χ0) is 13.4. The van der Waals surface area contributed by atoms with Crippen molar-refractivity contribution >= 4 is 22.7 Å². The number of nitrogens with one attached hydrogen (secondary N) is 1. The minimum absolute atomic E-state index is 0.00277. The van der Waals surface area contributed by atoms with E-state index in [1.165, 1.54) is 18.5 Å². The molecule has 0 amide bonds. The standard InChI is InChI=1S/C11H8N6O2/c12-9-8-11(14-5-13-9)16-10(15-8)6-2-1-3-7(4-6)17(18)19/h1-5H,(H3,12,13,14,15,16). The number of fused-ring (bicyclic) bond motifs is 1. The molecule has 0 saturated heterocycles. The molecule has 3 aromatic rings. The highest BCUT2D eigenvalue weighted by molar-refractivity contribution is 5.84. The maximum Gasteiger partial charge on any atom is 0.270 e. The fourth-order valence-electron chi connectivity index (χ4n) is 1.75. The number of nitrogens with zero attached hydrogens (tertiary/aromatic N) is 4. The van der Waals surface area contributed by atoms with Gasteiger partial charge in [0.05, 0.1) is 4.92 Å². The second-order valence-corrected chi connectivity index (χ2v) is 3.85. The molecule has 0 aliphatic carbocycles. The third-order valence-electron chi connectivity index (χ3n) is 2.65. The number of aromatic nitrogens is 4. The Morgan fingerprint density at radius 2 is 2.16 bits per heavy atom. The van der Waals surface area contributed by atoms with E-state index in [0.717, 1.165) is 0 Å². The molecule has 2 aromatic heterocycles. The van der Waals surface area contributed by atoms with Crippen LogP contribution in [0.25, 0.3) is 22.6 Å². The molecule has 0 saturated carbocycles. The van der Waals surface area contributed by atoms with Crippen LogP contribution in [0.3, 0.4) is 0 Å². The SMILES string of the molecule is Nc1ncnc2nc(-c3cccc([N+](=O)[O-])c3)[nH]c12. The van der Waals surface area contributed by atoms with E-state index in [2.05, 4.69) is 19.9 Å². The number of imidazole rings is 1. The van der Waals surface area contributed by atoms with Gasteiger partial charge in [-0.25, -0.2) is 15.0 Å². The molecular formula is C11H8N6O2. The molecule has 94 valence electrons. The average Bonchev–Trinajstić information content (AvgIpc) is 2.84. The molecule has 0 aliphatic heterocycles. The number of nitro groups is 1. The lowest BCUT2D eigenvalue weighted by Crippen LogP contribution is -1.91. The second kappa shape index (κ2) is 4.02. The maximum atomic E-state index is 10.7. The van der Waals surface area contributed by atoms with Gasteiger partial charge in [-0.3, -0.25) is 10.1 Å². The van der Waals surface area contributed by atoms with Crippen LogP contribution in [0.1, 0.15) is 0 Å². The van der Waals surface area contributed by atoms with E-state index in [1.54, 1.807) is 12.1 Å². The van der Waals surface area contributed by atoms with Crippen molar-refractivity contribution in [3.8, 4) is 11.4 Å². The molecule has 0 atom stereocenters. The van der Waals surface area contributed by atoms with E-state index in [9.17, 15) is 10.1 Å². The Balaban J connectivity index is 2.16. The Morgan fingerprint density at radius 1 is 1.32 bits per heavy atom. The number of anilines is 1. The molecule has 8 heteroatoms. The Bertz CT molecular complexity index is 782. The van der Waals surface area contributed by atoms with Gasteiger partial charge in [0.25, 0.3) is 5.69 Å². The van der Waals surface area contributed by atoms with Crippen LogP contribution in [0.2, 0.25) is 0 Å².